The minimum atomic E-state index is 0.199. The zero-order chi connectivity index (χ0) is 19.1. The second-order valence-electron chi connectivity index (χ2n) is 8.33. The lowest BCUT2D eigenvalue weighted by Crippen LogP contribution is -2.46. The molecule has 148 valence electrons. The summed E-state index contributed by atoms with van der Waals surface area (Å²) in [5.74, 6) is 0.987. The van der Waals surface area contributed by atoms with Crippen molar-refractivity contribution in [1.82, 2.24) is 9.88 Å². The summed E-state index contributed by atoms with van der Waals surface area (Å²) in [5.41, 5.74) is 1.55. The van der Waals surface area contributed by atoms with E-state index in [0.29, 0.717) is 0 Å². The maximum Gasteiger partial charge on any atom is 0.185 e. The zero-order valence-electron chi connectivity index (χ0n) is 17.0. The van der Waals surface area contributed by atoms with Crippen molar-refractivity contribution >= 4 is 16.5 Å². The van der Waals surface area contributed by atoms with Crippen molar-refractivity contribution in [2.75, 3.05) is 44.2 Å². The van der Waals surface area contributed by atoms with E-state index < -0.39 is 0 Å². The number of rotatable bonds is 8. The smallest absolute Gasteiger partial charge is 0.185 e. The molecule has 4 nitrogen and oxygen atoms in total. The van der Waals surface area contributed by atoms with Crippen LogP contribution in [0.2, 0.25) is 0 Å². The first-order valence-corrected chi connectivity index (χ1v) is 11.0. The van der Waals surface area contributed by atoms with Crippen LogP contribution in [0.15, 0.2) is 35.8 Å². The molecule has 1 fully saturated rings. The summed E-state index contributed by atoms with van der Waals surface area (Å²) in [5, 5.41) is 3.23. The molecule has 3 rings (SSSR count). The Balaban J connectivity index is 1.25. The number of piperazine rings is 1. The number of aromatic nitrogens is 1. The predicted octanol–water partition coefficient (Wildman–Crippen LogP) is 4.81. The molecule has 0 amide bonds. The molecule has 0 atom stereocenters. The summed E-state index contributed by atoms with van der Waals surface area (Å²) in [4.78, 5) is 9.40. The molecule has 1 aromatic carbocycles. The van der Waals surface area contributed by atoms with Crippen molar-refractivity contribution in [1.29, 1.82) is 0 Å². The van der Waals surface area contributed by atoms with E-state index in [4.69, 9.17) is 4.74 Å². The van der Waals surface area contributed by atoms with Crippen LogP contribution >= 0.6 is 11.3 Å². The first-order valence-electron chi connectivity index (χ1n) is 10.1. The number of nitrogens with zero attached hydrogens (tertiary/aromatic N) is 3. The third-order valence-corrected chi connectivity index (χ3v) is 6.00. The van der Waals surface area contributed by atoms with Crippen LogP contribution in [-0.4, -0.2) is 49.2 Å². The van der Waals surface area contributed by atoms with Gasteiger partial charge in [-0.15, -0.1) is 11.3 Å². The van der Waals surface area contributed by atoms with Gasteiger partial charge in [0.2, 0.25) is 0 Å². The van der Waals surface area contributed by atoms with Crippen molar-refractivity contribution in [2.45, 2.75) is 45.4 Å². The summed E-state index contributed by atoms with van der Waals surface area (Å²) in [6, 6.07) is 8.56. The van der Waals surface area contributed by atoms with Crippen LogP contribution in [0.1, 0.15) is 45.6 Å². The van der Waals surface area contributed by atoms with Gasteiger partial charge in [-0.05, 0) is 48.9 Å². The fourth-order valence-electron chi connectivity index (χ4n) is 3.39. The highest BCUT2D eigenvalue weighted by atomic mass is 32.1. The number of anilines is 1. The van der Waals surface area contributed by atoms with Crippen molar-refractivity contribution in [2.24, 2.45) is 0 Å². The Hall–Kier alpha value is -1.59. The summed E-state index contributed by atoms with van der Waals surface area (Å²) < 4.78 is 5.90. The molecule has 0 saturated carbocycles. The molecule has 0 radical (unpaired) electrons. The van der Waals surface area contributed by atoms with E-state index in [1.165, 1.54) is 30.1 Å². The number of benzene rings is 1. The Morgan fingerprint density at radius 3 is 2.37 bits per heavy atom. The lowest BCUT2D eigenvalue weighted by Gasteiger charge is -2.34. The molecule has 1 saturated heterocycles. The Bertz CT molecular complexity index is 656. The van der Waals surface area contributed by atoms with E-state index >= 15 is 0 Å². The van der Waals surface area contributed by atoms with E-state index in [-0.39, 0.29) is 5.41 Å². The quantitative estimate of drug-likeness (QED) is 0.608. The molecule has 2 aromatic rings. The van der Waals surface area contributed by atoms with Crippen LogP contribution in [0.4, 0.5) is 5.13 Å². The van der Waals surface area contributed by atoms with Crippen LogP contribution in [0.3, 0.4) is 0 Å². The maximum absolute atomic E-state index is 5.90. The largest absolute Gasteiger partial charge is 0.494 e. The molecule has 0 bridgehead atoms. The van der Waals surface area contributed by atoms with Gasteiger partial charge in [0, 0.05) is 37.8 Å². The van der Waals surface area contributed by atoms with Crippen LogP contribution in [0.5, 0.6) is 5.75 Å². The van der Waals surface area contributed by atoms with Gasteiger partial charge >= 0.3 is 0 Å². The molecule has 2 heterocycles. The highest BCUT2D eigenvalue weighted by Gasteiger charge is 2.18. The van der Waals surface area contributed by atoms with Crippen molar-refractivity contribution in [3.63, 3.8) is 0 Å². The molecule has 1 aromatic heterocycles. The summed E-state index contributed by atoms with van der Waals surface area (Å²) >= 11 is 1.74. The number of hydrogen-bond donors (Lipinski definition) is 0. The normalized spacial score (nSPS) is 15.9. The third-order valence-electron chi connectivity index (χ3n) is 5.17. The van der Waals surface area contributed by atoms with Gasteiger partial charge in [0.15, 0.2) is 5.13 Å². The van der Waals surface area contributed by atoms with Gasteiger partial charge in [-0.3, -0.25) is 4.90 Å². The van der Waals surface area contributed by atoms with Crippen LogP contribution in [-0.2, 0) is 5.41 Å². The lowest BCUT2D eigenvalue weighted by molar-refractivity contribution is 0.246. The van der Waals surface area contributed by atoms with E-state index in [9.17, 15) is 0 Å². The van der Waals surface area contributed by atoms with E-state index in [1.54, 1.807) is 11.3 Å². The lowest BCUT2D eigenvalue weighted by atomic mass is 9.87. The maximum atomic E-state index is 5.90. The second-order valence-corrected chi connectivity index (χ2v) is 9.20. The minimum Gasteiger partial charge on any atom is -0.494 e. The molecule has 0 aliphatic carbocycles. The number of thiazole rings is 1. The van der Waals surface area contributed by atoms with Crippen molar-refractivity contribution in [3.05, 3.63) is 41.4 Å². The van der Waals surface area contributed by atoms with Crippen LogP contribution < -0.4 is 9.64 Å². The molecule has 1 aliphatic heterocycles. The average Bonchev–Trinajstić information content (AvgIpc) is 3.19. The van der Waals surface area contributed by atoms with Crippen molar-refractivity contribution in [3.8, 4) is 5.75 Å². The standard InChI is InChI=1S/C22H33N3OS/c1-22(2,3)19-7-9-20(10-8-19)26-17-6-4-5-12-24-13-15-25(16-14-24)21-23-11-18-27-21/h7-11,18H,4-6,12-17H2,1-3H3. The van der Waals surface area contributed by atoms with Crippen LogP contribution in [0, 0.1) is 0 Å². The monoisotopic (exact) mass is 387 g/mol. The fourth-order valence-corrected chi connectivity index (χ4v) is 4.09. The number of hydrogen-bond acceptors (Lipinski definition) is 5. The van der Waals surface area contributed by atoms with E-state index in [1.807, 2.05) is 6.20 Å². The zero-order valence-corrected chi connectivity index (χ0v) is 17.8. The van der Waals surface area contributed by atoms with Gasteiger partial charge in [-0.1, -0.05) is 32.9 Å². The second kappa shape index (κ2) is 9.56. The van der Waals surface area contributed by atoms with Gasteiger partial charge in [0.1, 0.15) is 5.75 Å². The Morgan fingerprint density at radius 2 is 1.74 bits per heavy atom. The highest BCUT2D eigenvalue weighted by molar-refractivity contribution is 7.13. The highest BCUT2D eigenvalue weighted by Crippen LogP contribution is 2.24. The third kappa shape index (κ3) is 6.22. The van der Waals surface area contributed by atoms with Gasteiger partial charge < -0.3 is 9.64 Å². The van der Waals surface area contributed by atoms with E-state index in [0.717, 1.165) is 45.0 Å². The van der Waals surface area contributed by atoms with Crippen molar-refractivity contribution < 1.29 is 4.74 Å². The summed E-state index contributed by atoms with van der Waals surface area (Å²) in [7, 11) is 0. The van der Waals surface area contributed by atoms with Gasteiger partial charge in [-0.2, -0.15) is 0 Å². The fraction of sp³-hybridized carbons (Fsp3) is 0.591. The molecular weight excluding hydrogens is 354 g/mol. The predicted molar refractivity (Wildman–Crippen MR) is 115 cm³/mol. The van der Waals surface area contributed by atoms with Gasteiger partial charge in [0.05, 0.1) is 6.61 Å². The number of unbranched alkanes of at least 4 members (excludes halogenated alkanes) is 2. The number of ether oxygens (including phenoxy) is 1. The van der Waals surface area contributed by atoms with Crippen LogP contribution in [0.25, 0.3) is 0 Å². The topological polar surface area (TPSA) is 28.6 Å². The molecule has 0 unspecified atom stereocenters. The molecular formula is C22H33N3OS. The molecule has 1 aliphatic rings. The first-order chi connectivity index (χ1) is 13.0. The molecule has 0 N–H and O–H groups in total. The van der Waals surface area contributed by atoms with Gasteiger partial charge in [-0.25, -0.2) is 4.98 Å². The molecule has 27 heavy (non-hydrogen) atoms. The Labute approximate surface area is 168 Å². The average molecular weight is 388 g/mol. The Morgan fingerprint density at radius 1 is 1.00 bits per heavy atom. The summed E-state index contributed by atoms with van der Waals surface area (Å²) in [6.07, 6.45) is 5.50. The van der Waals surface area contributed by atoms with E-state index in [2.05, 4.69) is 65.2 Å². The molecule has 5 heteroatoms. The van der Waals surface area contributed by atoms with Gasteiger partial charge in [0.25, 0.3) is 0 Å². The first kappa shape index (κ1) is 20.2. The summed E-state index contributed by atoms with van der Waals surface area (Å²) in [6.45, 7) is 13.2. The minimum absolute atomic E-state index is 0.199. The molecule has 0 spiro atoms. The SMILES string of the molecule is CC(C)(C)c1ccc(OCCCCCN2CCN(c3nccs3)CC2)cc1. The Kier molecular flexibility index (Phi) is 7.13.